The lowest BCUT2D eigenvalue weighted by atomic mass is 9.96. The lowest BCUT2D eigenvalue weighted by Gasteiger charge is -2.31. The van der Waals surface area contributed by atoms with Crippen molar-refractivity contribution < 1.29 is 19.1 Å². The van der Waals surface area contributed by atoms with E-state index in [1.165, 1.54) is 0 Å². The monoisotopic (exact) mass is 439 g/mol. The number of nitrogens with zero attached hydrogens (tertiary/aromatic N) is 3. The number of rotatable bonds is 5. The summed E-state index contributed by atoms with van der Waals surface area (Å²) >= 11 is 0. The van der Waals surface area contributed by atoms with E-state index in [0.29, 0.717) is 56.3 Å². The SMILES string of the molecule is COc1ccccc1NC(=O)C1CCN(C(=O)Nc2ccc(N3CCOCC3)nc2)CC1. The third kappa shape index (κ3) is 5.28. The molecule has 3 amide bonds. The Kier molecular flexibility index (Phi) is 7.06. The highest BCUT2D eigenvalue weighted by Crippen LogP contribution is 2.26. The lowest BCUT2D eigenvalue weighted by Crippen LogP contribution is -2.43. The van der Waals surface area contributed by atoms with Crippen LogP contribution in [0.25, 0.3) is 0 Å². The Morgan fingerprint density at radius 1 is 1.03 bits per heavy atom. The van der Waals surface area contributed by atoms with Gasteiger partial charge in [-0.2, -0.15) is 0 Å². The van der Waals surface area contributed by atoms with E-state index >= 15 is 0 Å². The highest BCUT2D eigenvalue weighted by molar-refractivity contribution is 5.94. The van der Waals surface area contributed by atoms with E-state index in [0.717, 1.165) is 18.9 Å². The largest absolute Gasteiger partial charge is 0.495 e. The molecule has 2 N–H and O–H groups in total. The number of hydrogen-bond acceptors (Lipinski definition) is 6. The predicted octanol–water partition coefficient (Wildman–Crippen LogP) is 2.81. The number of hydrogen-bond donors (Lipinski definition) is 2. The smallest absolute Gasteiger partial charge is 0.321 e. The Morgan fingerprint density at radius 3 is 2.47 bits per heavy atom. The highest BCUT2D eigenvalue weighted by atomic mass is 16.5. The van der Waals surface area contributed by atoms with Crippen LogP contribution in [-0.2, 0) is 9.53 Å². The van der Waals surface area contributed by atoms with Gasteiger partial charge in [-0.15, -0.1) is 0 Å². The second-order valence-electron chi connectivity index (χ2n) is 7.89. The van der Waals surface area contributed by atoms with Crippen LogP contribution in [0.2, 0.25) is 0 Å². The van der Waals surface area contributed by atoms with E-state index in [2.05, 4.69) is 20.5 Å². The molecule has 3 heterocycles. The van der Waals surface area contributed by atoms with Crippen LogP contribution in [0.1, 0.15) is 12.8 Å². The number of morpholine rings is 1. The highest BCUT2D eigenvalue weighted by Gasteiger charge is 2.28. The van der Waals surface area contributed by atoms with Crippen LogP contribution in [0.4, 0.5) is 22.0 Å². The maximum Gasteiger partial charge on any atom is 0.321 e. The summed E-state index contributed by atoms with van der Waals surface area (Å²) in [6.45, 7) is 4.08. The Labute approximate surface area is 187 Å². The minimum Gasteiger partial charge on any atom is -0.495 e. The second kappa shape index (κ2) is 10.3. The van der Waals surface area contributed by atoms with Gasteiger partial charge in [-0.3, -0.25) is 4.79 Å². The maximum absolute atomic E-state index is 12.7. The molecule has 1 aromatic heterocycles. The lowest BCUT2D eigenvalue weighted by molar-refractivity contribution is -0.121. The number of anilines is 3. The fourth-order valence-electron chi connectivity index (χ4n) is 3.97. The van der Waals surface area contributed by atoms with Crippen LogP contribution in [-0.4, -0.2) is 68.3 Å². The Hall–Kier alpha value is -3.33. The molecule has 0 spiro atoms. The van der Waals surface area contributed by atoms with Crippen LogP contribution in [0.3, 0.4) is 0 Å². The molecule has 1 aromatic carbocycles. The van der Waals surface area contributed by atoms with Crippen LogP contribution >= 0.6 is 0 Å². The average molecular weight is 440 g/mol. The van der Waals surface area contributed by atoms with Gasteiger partial charge in [0.25, 0.3) is 0 Å². The molecule has 2 aliphatic heterocycles. The number of piperidine rings is 1. The average Bonchev–Trinajstić information content (AvgIpc) is 2.85. The second-order valence-corrected chi connectivity index (χ2v) is 7.89. The number of urea groups is 1. The predicted molar refractivity (Wildman–Crippen MR) is 122 cm³/mol. The Bertz CT molecular complexity index is 922. The van der Waals surface area contributed by atoms with Gasteiger partial charge in [-0.25, -0.2) is 9.78 Å². The summed E-state index contributed by atoms with van der Waals surface area (Å²) < 4.78 is 10.7. The number of pyridine rings is 1. The number of benzene rings is 1. The number of para-hydroxylation sites is 2. The molecular weight excluding hydrogens is 410 g/mol. The van der Waals surface area contributed by atoms with Crippen molar-refractivity contribution in [3.05, 3.63) is 42.6 Å². The van der Waals surface area contributed by atoms with Gasteiger partial charge in [0, 0.05) is 32.1 Å². The fourth-order valence-corrected chi connectivity index (χ4v) is 3.97. The third-order valence-corrected chi connectivity index (χ3v) is 5.85. The zero-order chi connectivity index (χ0) is 22.3. The molecular formula is C23H29N5O4. The molecule has 0 unspecified atom stereocenters. The number of likely N-dealkylation sites (tertiary alicyclic amines) is 1. The normalized spacial score (nSPS) is 17.0. The van der Waals surface area contributed by atoms with E-state index in [1.54, 1.807) is 18.2 Å². The summed E-state index contributed by atoms with van der Waals surface area (Å²) in [5.41, 5.74) is 1.32. The third-order valence-electron chi connectivity index (χ3n) is 5.85. The topological polar surface area (TPSA) is 96.0 Å². The number of nitrogens with one attached hydrogen (secondary N) is 2. The molecule has 170 valence electrons. The van der Waals surface area contributed by atoms with Gasteiger partial charge < -0.3 is 29.9 Å². The first-order chi connectivity index (χ1) is 15.6. The van der Waals surface area contributed by atoms with E-state index in [4.69, 9.17) is 9.47 Å². The number of aromatic nitrogens is 1. The van der Waals surface area contributed by atoms with Gasteiger partial charge in [0.05, 0.1) is 37.9 Å². The van der Waals surface area contributed by atoms with Gasteiger partial charge in [0.1, 0.15) is 11.6 Å². The molecule has 2 saturated heterocycles. The van der Waals surface area contributed by atoms with Crippen LogP contribution < -0.4 is 20.3 Å². The number of methoxy groups -OCH3 is 1. The number of amides is 3. The molecule has 0 saturated carbocycles. The summed E-state index contributed by atoms with van der Waals surface area (Å²) in [6.07, 6.45) is 2.90. The minimum absolute atomic E-state index is 0.0440. The summed E-state index contributed by atoms with van der Waals surface area (Å²) in [5, 5.41) is 5.85. The molecule has 4 rings (SSSR count). The molecule has 0 bridgehead atoms. The Balaban J connectivity index is 1.25. The summed E-state index contributed by atoms with van der Waals surface area (Å²) in [5.74, 6) is 1.33. The molecule has 2 aromatic rings. The molecule has 0 radical (unpaired) electrons. The van der Waals surface area contributed by atoms with E-state index in [-0.39, 0.29) is 17.9 Å². The van der Waals surface area contributed by atoms with E-state index in [9.17, 15) is 9.59 Å². The number of carbonyl (C=O) groups is 2. The first-order valence-electron chi connectivity index (χ1n) is 10.9. The van der Waals surface area contributed by atoms with Crippen LogP contribution in [0, 0.1) is 5.92 Å². The van der Waals surface area contributed by atoms with Crippen molar-refractivity contribution >= 4 is 29.1 Å². The van der Waals surface area contributed by atoms with Gasteiger partial charge in [0.2, 0.25) is 5.91 Å². The summed E-state index contributed by atoms with van der Waals surface area (Å²) in [6, 6.07) is 10.9. The van der Waals surface area contributed by atoms with Crippen molar-refractivity contribution in [3.63, 3.8) is 0 Å². The zero-order valence-electron chi connectivity index (χ0n) is 18.3. The zero-order valence-corrected chi connectivity index (χ0v) is 18.3. The molecule has 0 aliphatic carbocycles. The number of ether oxygens (including phenoxy) is 2. The first-order valence-corrected chi connectivity index (χ1v) is 10.9. The number of carbonyl (C=O) groups excluding carboxylic acids is 2. The van der Waals surface area contributed by atoms with Crippen molar-refractivity contribution in [3.8, 4) is 5.75 Å². The van der Waals surface area contributed by atoms with Crippen molar-refractivity contribution in [2.45, 2.75) is 12.8 Å². The van der Waals surface area contributed by atoms with Gasteiger partial charge in [0.15, 0.2) is 0 Å². The molecule has 9 nitrogen and oxygen atoms in total. The molecule has 0 atom stereocenters. The Morgan fingerprint density at radius 2 is 1.78 bits per heavy atom. The van der Waals surface area contributed by atoms with Crippen molar-refractivity contribution in [2.75, 3.05) is 62.0 Å². The van der Waals surface area contributed by atoms with Crippen LogP contribution in [0.5, 0.6) is 5.75 Å². The standard InChI is InChI=1S/C23H29N5O4/c1-31-20-5-3-2-4-19(20)26-22(29)17-8-10-28(11-9-17)23(30)25-18-6-7-21(24-16-18)27-12-14-32-15-13-27/h2-7,16-17H,8-15H2,1H3,(H,25,30)(H,26,29). The molecule has 2 fully saturated rings. The van der Waals surface area contributed by atoms with Gasteiger partial charge in [-0.1, -0.05) is 12.1 Å². The maximum atomic E-state index is 12.7. The van der Waals surface area contributed by atoms with Crippen molar-refractivity contribution in [2.24, 2.45) is 5.92 Å². The van der Waals surface area contributed by atoms with Gasteiger partial charge in [-0.05, 0) is 37.1 Å². The first kappa shape index (κ1) is 21.9. The van der Waals surface area contributed by atoms with Crippen molar-refractivity contribution in [1.82, 2.24) is 9.88 Å². The fraction of sp³-hybridized carbons (Fsp3) is 0.435. The molecule has 9 heteroatoms. The van der Waals surface area contributed by atoms with E-state index in [1.807, 2.05) is 36.4 Å². The van der Waals surface area contributed by atoms with E-state index < -0.39 is 0 Å². The quantitative estimate of drug-likeness (QED) is 0.744. The summed E-state index contributed by atoms with van der Waals surface area (Å²) in [7, 11) is 1.58. The van der Waals surface area contributed by atoms with Gasteiger partial charge >= 0.3 is 6.03 Å². The minimum atomic E-state index is -0.172. The summed E-state index contributed by atoms with van der Waals surface area (Å²) in [4.78, 5) is 33.7. The molecule has 32 heavy (non-hydrogen) atoms. The molecule has 2 aliphatic rings. The van der Waals surface area contributed by atoms with Crippen molar-refractivity contribution in [1.29, 1.82) is 0 Å². The van der Waals surface area contributed by atoms with Crippen LogP contribution in [0.15, 0.2) is 42.6 Å².